The van der Waals surface area contributed by atoms with Crippen molar-refractivity contribution in [2.24, 2.45) is 0 Å². The molecule has 1 atom stereocenters. The molecule has 1 aliphatic heterocycles. The molecule has 1 fully saturated rings. The minimum absolute atomic E-state index is 0.0756. The van der Waals surface area contributed by atoms with Crippen molar-refractivity contribution < 1.29 is 4.79 Å². The maximum absolute atomic E-state index is 12.9. The predicted molar refractivity (Wildman–Crippen MR) is 95.6 cm³/mol. The maximum atomic E-state index is 12.9. The minimum Gasteiger partial charge on any atom is -0.384 e. The quantitative estimate of drug-likeness (QED) is 0.796. The molecule has 0 spiro atoms. The second kappa shape index (κ2) is 6.47. The second-order valence-corrected chi connectivity index (χ2v) is 6.28. The van der Waals surface area contributed by atoms with Crippen LogP contribution in [0.4, 0.5) is 5.82 Å². The molecule has 126 valence electrons. The smallest absolute Gasteiger partial charge is 0.227 e. The summed E-state index contributed by atoms with van der Waals surface area (Å²) in [6.45, 7) is 0.722. The van der Waals surface area contributed by atoms with Gasteiger partial charge in [0.25, 0.3) is 0 Å². The van der Waals surface area contributed by atoms with Gasteiger partial charge in [0, 0.05) is 30.5 Å². The van der Waals surface area contributed by atoms with Crippen LogP contribution in [0.3, 0.4) is 0 Å². The van der Waals surface area contributed by atoms with Gasteiger partial charge < -0.3 is 10.6 Å². The van der Waals surface area contributed by atoms with E-state index in [4.69, 9.17) is 5.73 Å². The van der Waals surface area contributed by atoms with Crippen LogP contribution in [0.25, 0.3) is 10.8 Å². The standard InChI is InChI=1S/C19H19N5O/c20-17-7-8-22-19(23-17)16-6-3-9-24(16)18(25)10-14-12-21-11-13-4-1-2-5-15(13)14/h1-2,4-5,7-8,11-12,16H,3,6,9-10H2,(H2,20,22,23). The van der Waals surface area contributed by atoms with Crippen LogP contribution in [0.1, 0.15) is 30.3 Å². The zero-order chi connectivity index (χ0) is 17.2. The molecular weight excluding hydrogens is 314 g/mol. The SMILES string of the molecule is Nc1ccnc(C2CCCN2C(=O)Cc2cncc3ccccc23)n1. The first kappa shape index (κ1) is 15.5. The lowest BCUT2D eigenvalue weighted by Crippen LogP contribution is -2.32. The van der Waals surface area contributed by atoms with Gasteiger partial charge in [0.1, 0.15) is 5.82 Å². The van der Waals surface area contributed by atoms with Crippen molar-refractivity contribution in [3.05, 3.63) is 60.3 Å². The second-order valence-electron chi connectivity index (χ2n) is 6.28. The fraction of sp³-hybridized carbons (Fsp3) is 0.263. The van der Waals surface area contributed by atoms with Crippen LogP contribution >= 0.6 is 0 Å². The van der Waals surface area contributed by atoms with E-state index in [0.29, 0.717) is 18.1 Å². The number of benzene rings is 1. The molecule has 1 saturated heterocycles. The number of rotatable bonds is 3. The van der Waals surface area contributed by atoms with E-state index >= 15 is 0 Å². The molecule has 0 radical (unpaired) electrons. The number of nitrogen functional groups attached to an aromatic ring is 1. The van der Waals surface area contributed by atoms with E-state index in [2.05, 4.69) is 15.0 Å². The van der Waals surface area contributed by atoms with E-state index in [9.17, 15) is 4.79 Å². The summed E-state index contributed by atoms with van der Waals surface area (Å²) in [5.74, 6) is 1.14. The summed E-state index contributed by atoms with van der Waals surface area (Å²) in [6, 6.07) is 9.56. The molecule has 0 saturated carbocycles. The minimum atomic E-state index is -0.0982. The third-order valence-electron chi connectivity index (χ3n) is 4.66. The van der Waals surface area contributed by atoms with Gasteiger partial charge in [-0.1, -0.05) is 24.3 Å². The predicted octanol–water partition coefficient (Wildman–Crippen LogP) is 2.51. The Labute approximate surface area is 145 Å². The van der Waals surface area contributed by atoms with Crippen molar-refractivity contribution in [2.75, 3.05) is 12.3 Å². The Bertz CT molecular complexity index is 921. The summed E-state index contributed by atoms with van der Waals surface area (Å²) >= 11 is 0. The lowest BCUT2D eigenvalue weighted by molar-refractivity contribution is -0.131. The molecule has 0 aliphatic carbocycles. The number of hydrogen-bond donors (Lipinski definition) is 1. The fourth-order valence-electron chi connectivity index (χ4n) is 3.47. The van der Waals surface area contributed by atoms with Crippen molar-refractivity contribution in [2.45, 2.75) is 25.3 Å². The van der Waals surface area contributed by atoms with Gasteiger partial charge in [-0.25, -0.2) is 9.97 Å². The van der Waals surface area contributed by atoms with Gasteiger partial charge in [-0.3, -0.25) is 9.78 Å². The van der Waals surface area contributed by atoms with E-state index in [0.717, 1.165) is 35.7 Å². The van der Waals surface area contributed by atoms with Crippen LogP contribution in [0.5, 0.6) is 0 Å². The highest BCUT2D eigenvalue weighted by Gasteiger charge is 2.32. The summed E-state index contributed by atoms with van der Waals surface area (Å²) in [5.41, 5.74) is 6.72. The number of carbonyl (C=O) groups is 1. The highest BCUT2D eigenvalue weighted by molar-refractivity contribution is 5.89. The van der Waals surface area contributed by atoms with E-state index in [1.54, 1.807) is 18.5 Å². The monoisotopic (exact) mass is 333 g/mol. The van der Waals surface area contributed by atoms with Crippen molar-refractivity contribution in [1.29, 1.82) is 0 Å². The summed E-state index contributed by atoms with van der Waals surface area (Å²) < 4.78 is 0. The molecule has 2 N–H and O–H groups in total. The number of amides is 1. The molecule has 1 amide bonds. The average Bonchev–Trinajstić information content (AvgIpc) is 3.12. The fourth-order valence-corrected chi connectivity index (χ4v) is 3.47. The number of aromatic nitrogens is 3. The van der Waals surface area contributed by atoms with E-state index in [1.165, 1.54) is 0 Å². The Morgan fingerprint density at radius 3 is 3.00 bits per heavy atom. The van der Waals surface area contributed by atoms with Gasteiger partial charge in [-0.2, -0.15) is 0 Å². The molecule has 6 heteroatoms. The van der Waals surface area contributed by atoms with Gasteiger partial charge in [-0.05, 0) is 29.9 Å². The van der Waals surface area contributed by atoms with Gasteiger partial charge in [-0.15, -0.1) is 0 Å². The number of carbonyl (C=O) groups excluding carboxylic acids is 1. The summed E-state index contributed by atoms with van der Waals surface area (Å²) in [4.78, 5) is 27.7. The molecule has 25 heavy (non-hydrogen) atoms. The molecular formula is C19H19N5O. The zero-order valence-electron chi connectivity index (χ0n) is 13.8. The van der Waals surface area contributed by atoms with Crippen LogP contribution in [0.15, 0.2) is 48.9 Å². The van der Waals surface area contributed by atoms with Crippen LogP contribution in [0, 0.1) is 0 Å². The largest absolute Gasteiger partial charge is 0.384 e. The Morgan fingerprint density at radius 2 is 2.12 bits per heavy atom. The number of fused-ring (bicyclic) bond motifs is 1. The van der Waals surface area contributed by atoms with Crippen LogP contribution in [-0.4, -0.2) is 32.3 Å². The Kier molecular flexibility index (Phi) is 4.01. The molecule has 3 aromatic rings. The highest BCUT2D eigenvalue weighted by atomic mass is 16.2. The van der Waals surface area contributed by atoms with E-state index in [1.807, 2.05) is 35.4 Å². The van der Waals surface area contributed by atoms with Crippen molar-refractivity contribution >= 4 is 22.5 Å². The van der Waals surface area contributed by atoms with E-state index in [-0.39, 0.29) is 11.9 Å². The molecule has 0 bridgehead atoms. The molecule has 2 aromatic heterocycles. The van der Waals surface area contributed by atoms with Crippen LogP contribution < -0.4 is 5.73 Å². The van der Waals surface area contributed by atoms with Gasteiger partial charge in [0.2, 0.25) is 5.91 Å². The molecule has 1 unspecified atom stereocenters. The molecule has 6 nitrogen and oxygen atoms in total. The topological polar surface area (TPSA) is 85.0 Å². The first-order valence-electron chi connectivity index (χ1n) is 8.42. The molecule has 4 rings (SSSR count). The van der Waals surface area contributed by atoms with Crippen molar-refractivity contribution in [3.8, 4) is 0 Å². The Morgan fingerprint density at radius 1 is 1.24 bits per heavy atom. The number of pyridine rings is 1. The van der Waals surface area contributed by atoms with Crippen molar-refractivity contribution in [1.82, 2.24) is 19.9 Å². The lowest BCUT2D eigenvalue weighted by atomic mass is 10.0. The normalized spacial score (nSPS) is 17.1. The summed E-state index contributed by atoms with van der Waals surface area (Å²) in [7, 11) is 0. The first-order chi connectivity index (χ1) is 12.2. The zero-order valence-corrected chi connectivity index (χ0v) is 13.8. The molecule has 1 aromatic carbocycles. The first-order valence-corrected chi connectivity index (χ1v) is 8.42. The molecule has 3 heterocycles. The lowest BCUT2D eigenvalue weighted by Gasteiger charge is -2.24. The number of nitrogens with two attached hydrogens (primary N) is 1. The molecule has 1 aliphatic rings. The number of hydrogen-bond acceptors (Lipinski definition) is 5. The highest BCUT2D eigenvalue weighted by Crippen LogP contribution is 2.31. The van der Waals surface area contributed by atoms with Gasteiger partial charge >= 0.3 is 0 Å². The van der Waals surface area contributed by atoms with Gasteiger partial charge in [0.05, 0.1) is 12.5 Å². The Balaban J connectivity index is 1.59. The number of likely N-dealkylation sites (tertiary alicyclic amines) is 1. The average molecular weight is 333 g/mol. The van der Waals surface area contributed by atoms with Crippen LogP contribution in [-0.2, 0) is 11.2 Å². The van der Waals surface area contributed by atoms with Gasteiger partial charge in [0.15, 0.2) is 5.82 Å². The van der Waals surface area contributed by atoms with Crippen LogP contribution in [0.2, 0.25) is 0 Å². The maximum Gasteiger partial charge on any atom is 0.227 e. The summed E-state index contributed by atoms with van der Waals surface area (Å²) in [5, 5.41) is 2.12. The third-order valence-corrected chi connectivity index (χ3v) is 4.66. The van der Waals surface area contributed by atoms with Crippen molar-refractivity contribution in [3.63, 3.8) is 0 Å². The summed E-state index contributed by atoms with van der Waals surface area (Å²) in [6.07, 6.45) is 7.39. The number of nitrogens with zero attached hydrogens (tertiary/aromatic N) is 4. The number of anilines is 1. The third kappa shape index (κ3) is 3.03. The Hall–Kier alpha value is -3.02. The van der Waals surface area contributed by atoms with E-state index < -0.39 is 0 Å².